The second-order valence-electron chi connectivity index (χ2n) is 4.66. The Hall–Kier alpha value is -0.520. The molecule has 0 aliphatic carbocycles. The van der Waals surface area contributed by atoms with Crippen molar-refractivity contribution in [3.8, 4) is 0 Å². The highest BCUT2D eigenvalue weighted by atomic mass is 14.2. The van der Waals surface area contributed by atoms with Crippen LogP contribution in [-0.2, 0) is 0 Å². The smallest absolute Gasteiger partial charge is 0.0171 e. The first kappa shape index (κ1) is 15.5. The summed E-state index contributed by atoms with van der Waals surface area (Å²) in [5.74, 6) is 1.51. The summed E-state index contributed by atoms with van der Waals surface area (Å²) in [4.78, 5) is 0. The monoisotopic (exact) mass is 222 g/mol. The first-order valence-electron chi connectivity index (χ1n) is 7.05. The highest BCUT2D eigenvalue weighted by Gasteiger charge is 2.14. The van der Waals surface area contributed by atoms with Crippen molar-refractivity contribution in [1.29, 1.82) is 0 Å². The van der Waals surface area contributed by atoms with Crippen LogP contribution in [0.3, 0.4) is 0 Å². The zero-order valence-corrected chi connectivity index (χ0v) is 11.7. The lowest BCUT2D eigenvalue weighted by atomic mass is 9.84. The Morgan fingerprint density at radius 2 is 1.12 bits per heavy atom. The molecule has 0 N–H and O–H groups in total. The number of allylic oxidation sites excluding steroid dienone is 4. The molecule has 0 radical (unpaired) electrons. The third kappa shape index (κ3) is 6.87. The predicted molar refractivity (Wildman–Crippen MR) is 75.7 cm³/mol. The van der Waals surface area contributed by atoms with Crippen LogP contribution in [0.5, 0.6) is 0 Å². The van der Waals surface area contributed by atoms with Gasteiger partial charge in [-0.05, 0) is 38.5 Å². The first-order valence-corrected chi connectivity index (χ1v) is 7.05. The van der Waals surface area contributed by atoms with Gasteiger partial charge in [-0.25, -0.2) is 0 Å². The summed E-state index contributed by atoms with van der Waals surface area (Å²) in [6.45, 7) is 8.85. The van der Waals surface area contributed by atoms with E-state index in [0.717, 1.165) is 11.8 Å². The molecule has 0 heterocycles. The fraction of sp³-hybridized carbons (Fsp3) is 0.750. The number of hydrogen-bond acceptors (Lipinski definition) is 0. The lowest BCUT2D eigenvalue weighted by molar-refractivity contribution is 0.397. The minimum atomic E-state index is 0.757. The molecule has 0 bridgehead atoms. The summed E-state index contributed by atoms with van der Waals surface area (Å²) >= 11 is 0. The van der Waals surface area contributed by atoms with Crippen molar-refractivity contribution in [2.45, 2.75) is 66.2 Å². The highest BCUT2D eigenvalue weighted by molar-refractivity contribution is 4.97. The molecule has 0 amide bonds. The lowest BCUT2D eigenvalue weighted by Gasteiger charge is -2.21. The second-order valence-corrected chi connectivity index (χ2v) is 4.66. The molecule has 0 aromatic rings. The standard InChI is InChI=1S/C16H30/c1-5-9-13-15(11-7-3)16(12-8-4)14-10-6-2/h7-8,11-12,15-16H,5-6,9-10,13-14H2,1-4H3/b11-7+,12-8+. The van der Waals surface area contributed by atoms with E-state index in [0.29, 0.717) is 0 Å². The van der Waals surface area contributed by atoms with Crippen LogP contribution in [-0.4, -0.2) is 0 Å². The molecule has 2 unspecified atom stereocenters. The van der Waals surface area contributed by atoms with Crippen LogP contribution in [0, 0.1) is 11.8 Å². The van der Waals surface area contributed by atoms with Gasteiger partial charge in [0.1, 0.15) is 0 Å². The maximum Gasteiger partial charge on any atom is -0.0171 e. The molecular weight excluding hydrogens is 192 g/mol. The van der Waals surface area contributed by atoms with Gasteiger partial charge in [-0.2, -0.15) is 0 Å². The average molecular weight is 222 g/mol. The summed E-state index contributed by atoms with van der Waals surface area (Å²) in [6, 6.07) is 0. The van der Waals surface area contributed by atoms with E-state index >= 15 is 0 Å². The van der Waals surface area contributed by atoms with Crippen LogP contribution in [0.1, 0.15) is 66.2 Å². The molecule has 0 fully saturated rings. The number of hydrogen-bond donors (Lipinski definition) is 0. The van der Waals surface area contributed by atoms with E-state index in [1.54, 1.807) is 0 Å². The molecule has 2 atom stereocenters. The van der Waals surface area contributed by atoms with E-state index < -0.39 is 0 Å². The quantitative estimate of drug-likeness (QED) is 0.436. The van der Waals surface area contributed by atoms with Crippen molar-refractivity contribution in [3.63, 3.8) is 0 Å². The molecule has 0 heteroatoms. The van der Waals surface area contributed by atoms with Crippen LogP contribution in [0.15, 0.2) is 24.3 Å². The second kappa shape index (κ2) is 11.0. The van der Waals surface area contributed by atoms with Crippen LogP contribution in [0.2, 0.25) is 0 Å². The van der Waals surface area contributed by atoms with Crippen LogP contribution < -0.4 is 0 Å². The fourth-order valence-corrected chi connectivity index (χ4v) is 2.28. The number of rotatable bonds is 9. The van der Waals surface area contributed by atoms with Crippen molar-refractivity contribution < 1.29 is 0 Å². The molecule has 0 saturated carbocycles. The van der Waals surface area contributed by atoms with Gasteiger partial charge in [0.25, 0.3) is 0 Å². The summed E-state index contributed by atoms with van der Waals surface area (Å²) in [5.41, 5.74) is 0. The third-order valence-electron chi connectivity index (χ3n) is 3.21. The normalized spacial score (nSPS) is 16.0. The van der Waals surface area contributed by atoms with Gasteiger partial charge in [0.2, 0.25) is 0 Å². The molecule has 0 aromatic carbocycles. The third-order valence-corrected chi connectivity index (χ3v) is 3.21. The Labute approximate surface area is 103 Å². The highest BCUT2D eigenvalue weighted by Crippen LogP contribution is 2.26. The first-order chi connectivity index (χ1) is 7.79. The molecule has 0 aliphatic heterocycles. The van der Waals surface area contributed by atoms with Crippen LogP contribution in [0.25, 0.3) is 0 Å². The molecule has 0 rings (SSSR count). The fourth-order valence-electron chi connectivity index (χ4n) is 2.28. The Balaban J connectivity index is 4.38. The van der Waals surface area contributed by atoms with E-state index in [2.05, 4.69) is 52.0 Å². The maximum absolute atomic E-state index is 2.41. The maximum atomic E-state index is 2.41. The van der Waals surface area contributed by atoms with Gasteiger partial charge in [-0.1, -0.05) is 63.8 Å². The molecule has 0 saturated heterocycles. The number of unbranched alkanes of at least 4 members (excludes halogenated alkanes) is 2. The molecule has 0 nitrogen and oxygen atoms in total. The van der Waals surface area contributed by atoms with Crippen molar-refractivity contribution in [2.75, 3.05) is 0 Å². The van der Waals surface area contributed by atoms with E-state index in [1.165, 1.54) is 38.5 Å². The van der Waals surface area contributed by atoms with Crippen molar-refractivity contribution in [2.24, 2.45) is 11.8 Å². The topological polar surface area (TPSA) is 0 Å². The van der Waals surface area contributed by atoms with Gasteiger partial charge in [0.05, 0.1) is 0 Å². The van der Waals surface area contributed by atoms with Crippen molar-refractivity contribution in [1.82, 2.24) is 0 Å². The van der Waals surface area contributed by atoms with Gasteiger partial charge < -0.3 is 0 Å². The van der Waals surface area contributed by atoms with Gasteiger partial charge in [0.15, 0.2) is 0 Å². The minimum absolute atomic E-state index is 0.757. The summed E-state index contributed by atoms with van der Waals surface area (Å²) in [6.07, 6.45) is 17.3. The minimum Gasteiger partial charge on any atom is -0.0914 e. The summed E-state index contributed by atoms with van der Waals surface area (Å²) in [5, 5.41) is 0. The van der Waals surface area contributed by atoms with Gasteiger partial charge in [0, 0.05) is 0 Å². The van der Waals surface area contributed by atoms with E-state index in [-0.39, 0.29) is 0 Å². The SMILES string of the molecule is C/C=C/C(CCCC)C(/C=C/C)CCCC. The molecule has 0 spiro atoms. The molecule has 0 aliphatic rings. The van der Waals surface area contributed by atoms with Crippen molar-refractivity contribution in [3.05, 3.63) is 24.3 Å². The zero-order valence-electron chi connectivity index (χ0n) is 11.7. The lowest BCUT2D eigenvalue weighted by Crippen LogP contribution is -2.10. The zero-order chi connectivity index (χ0) is 12.2. The Morgan fingerprint density at radius 1 is 0.750 bits per heavy atom. The molecule has 0 aromatic heterocycles. The van der Waals surface area contributed by atoms with Crippen LogP contribution in [0.4, 0.5) is 0 Å². The Kier molecular flexibility index (Phi) is 10.6. The molecule has 16 heavy (non-hydrogen) atoms. The summed E-state index contributed by atoms with van der Waals surface area (Å²) < 4.78 is 0. The predicted octanol–water partition coefficient (Wildman–Crippen LogP) is 5.75. The van der Waals surface area contributed by atoms with Gasteiger partial charge >= 0.3 is 0 Å². The summed E-state index contributed by atoms with van der Waals surface area (Å²) in [7, 11) is 0. The van der Waals surface area contributed by atoms with Crippen LogP contribution >= 0.6 is 0 Å². The Morgan fingerprint density at radius 3 is 1.38 bits per heavy atom. The van der Waals surface area contributed by atoms with E-state index in [4.69, 9.17) is 0 Å². The molecular formula is C16H30. The largest absolute Gasteiger partial charge is 0.0914 e. The van der Waals surface area contributed by atoms with E-state index in [1.807, 2.05) is 0 Å². The van der Waals surface area contributed by atoms with Gasteiger partial charge in [-0.3, -0.25) is 0 Å². The average Bonchev–Trinajstić information content (AvgIpc) is 2.30. The Bertz CT molecular complexity index is 166. The van der Waals surface area contributed by atoms with Gasteiger partial charge in [-0.15, -0.1) is 0 Å². The molecule has 94 valence electrons. The van der Waals surface area contributed by atoms with Crippen molar-refractivity contribution >= 4 is 0 Å². The van der Waals surface area contributed by atoms with E-state index in [9.17, 15) is 0 Å².